The van der Waals surface area contributed by atoms with Crippen LogP contribution in [0.4, 0.5) is 0 Å². The van der Waals surface area contributed by atoms with Gasteiger partial charge < -0.3 is 5.11 Å². The molecule has 1 aromatic rings. The van der Waals surface area contributed by atoms with Crippen LogP contribution < -0.4 is 0 Å². The average Bonchev–Trinajstić information content (AvgIpc) is 2.32. The van der Waals surface area contributed by atoms with Crippen LogP contribution in [0.5, 0.6) is 0 Å². The van der Waals surface area contributed by atoms with Gasteiger partial charge in [-0.2, -0.15) is 11.8 Å². The van der Waals surface area contributed by atoms with Gasteiger partial charge >= 0.3 is 5.97 Å². The molecule has 2 rings (SSSR count). The van der Waals surface area contributed by atoms with Crippen molar-refractivity contribution in [3.63, 3.8) is 0 Å². The molecule has 1 N–H and O–H groups in total. The number of carboxylic acids is 1. The van der Waals surface area contributed by atoms with E-state index in [0.717, 1.165) is 18.8 Å². The number of halogens is 1. The molecule has 1 aliphatic heterocycles. The molecule has 1 fully saturated rings. The smallest absolute Gasteiger partial charge is 0.321 e. The van der Waals surface area contributed by atoms with Crippen molar-refractivity contribution in [3.05, 3.63) is 33.4 Å². The van der Waals surface area contributed by atoms with Gasteiger partial charge in [-0.05, 0) is 40.3 Å². The molecule has 17 heavy (non-hydrogen) atoms. The molecule has 0 radical (unpaired) electrons. The Labute approximate surface area is 119 Å². The number of thioether (sulfide) groups is 1. The molecule has 3 nitrogen and oxygen atoms in total. The molecule has 0 bridgehead atoms. The van der Waals surface area contributed by atoms with E-state index in [-0.39, 0.29) is 6.04 Å². The molecule has 0 aromatic heterocycles. The van der Waals surface area contributed by atoms with Gasteiger partial charge in [0.25, 0.3) is 0 Å². The first kappa shape index (κ1) is 13.2. The monoisotopic (exact) mass is 363 g/mol. The highest BCUT2D eigenvalue weighted by atomic mass is 127. The summed E-state index contributed by atoms with van der Waals surface area (Å²) in [5, 5.41) is 9.17. The average molecular weight is 363 g/mol. The Kier molecular flexibility index (Phi) is 4.69. The summed E-state index contributed by atoms with van der Waals surface area (Å²) in [7, 11) is 0. The summed E-state index contributed by atoms with van der Waals surface area (Å²) >= 11 is 4.00. The largest absolute Gasteiger partial charge is 0.480 e. The highest BCUT2D eigenvalue weighted by Gasteiger charge is 2.28. The molecule has 1 saturated heterocycles. The molecular weight excluding hydrogens is 349 g/mol. The number of benzene rings is 1. The Bertz CT molecular complexity index is 396. The molecule has 1 aromatic carbocycles. The highest BCUT2D eigenvalue weighted by molar-refractivity contribution is 14.1. The predicted octanol–water partition coefficient (Wildman–Crippen LogP) is 2.29. The van der Waals surface area contributed by atoms with Crippen LogP contribution in [0.25, 0.3) is 0 Å². The van der Waals surface area contributed by atoms with E-state index < -0.39 is 5.97 Å². The minimum Gasteiger partial charge on any atom is -0.480 e. The SMILES string of the molecule is O=C(O)C1CSCCN1Cc1ccc(I)cc1. The van der Waals surface area contributed by atoms with Gasteiger partial charge in [0.15, 0.2) is 0 Å². The minimum atomic E-state index is -0.706. The third kappa shape index (κ3) is 3.59. The molecule has 0 spiro atoms. The number of carbonyl (C=O) groups is 1. The van der Waals surface area contributed by atoms with E-state index in [0.29, 0.717) is 5.75 Å². The maximum Gasteiger partial charge on any atom is 0.321 e. The topological polar surface area (TPSA) is 40.5 Å². The Morgan fingerprint density at radius 3 is 2.82 bits per heavy atom. The molecule has 0 amide bonds. The zero-order valence-corrected chi connectivity index (χ0v) is 12.3. The summed E-state index contributed by atoms with van der Waals surface area (Å²) in [5.41, 5.74) is 1.18. The summed E-state index contributed by atoms with van der Waals surface area (Å²) in [6, 6.07) is 7.92. The lowest BCUT2D eigenvalue weighted by molar-refractivity contribution is -0.142. The first-order valence-electron chi connectivity index (χ1n) is 5.46. The Morgan fingerprint density at radius 2 is 2.18 bits per heavy atom. The van der Waals surface area contributed by atoms with Crippen LogP contribution in [-0.4, -0.2) is 40.1 Å². The van der Waals surface area contributed by atoms with Crippen molar-refractivity contribution in [1.29, 1.82) is 0 Å². The van der Waals surface area contributed by atoms with E-state index >= 15 is 0 Å². The summed E-state index contributed by atoms with van der Waals surface area (Å²) in [6.45, 7) is 1.59. The Balaban J connectivity index is 2.05. The predicted molar refractivity (Wildman–Crippen MR) is 78.3 cm³/mol. The van der Waals surface area contributed by atoms with E-state index in [4.69, 9.17) is 0 Å². The third-order valence-corrected chi connectivity index (χ3v) is 4.57. The molecule has 1 unspecified atom stereocenters. The number of rotatable bonds is 3. The van der Waals surface area contributed by atoms with Crippen LogP contribution in [0.1, 0.15) is 5.56 Å². The molecule has 92 valence electrons. The molecule has 5 heteroatoms. The highest BCUT2D eigenvalue weighted by Crippen LogP contribution is 2.19. The fourth-order valence-electron chi connectivity index (χ4n) is 1.88. The van der Waals surface area contributed by atoms with Crippen LogP contribution >= 0.6 is 34.4 Å². The van der Waals surface area contributed by atoms with E-state index in [9.17, 15) is 9.90 Å². The van der Waals surface area contributed by atoms with Gasteiger partial charge in [-0.15, -0.1) is 0 Å². The van der Waals surface area contributed by atoms with Gasteiger partial charge in [-0.3, -0.25) is 9.69 Å². The van der Waals surface area contributed by atoms with Crippen LogP contribution in [-0.2, 0) is 11.3 Å². The zero-order chi connectivity index (χ0) is 12.3. The van der Waals surface area contributed by atoms with E-state index in [1.165, 1.54) is 9.13 Å². The maximum absolute atomic E-state index is 11.2. The normalized spacial score (nSPS) is 21.4. The second-order valence-corrected chi connectivity index (χ2v) is 6.42. The fourth-order valence-corrected chi connectivity index (χ4v) is 3.35. The quantitative estimate of drug-likeness (QED) is 0.837. The lowest BCUT2D eigenvalue weighted by atomic mass is 10.2. The van der Waals surface area contributed by atoms with Crippen molar-refractivity contribution < 1.29 is 9.90 Å². The van der Waals surface area contributed by atoms with Crippen LogP contribution in [0.3, 0.4) is 0 Å². The number of nitrogens with zero attached hydrogens (tertiary/aromatic N) is 1. The van der Waals surface area contributed by atoms with Gasteiger partial charge in [-0.25, -0.2) is 0 Å². The van der Waals surface area contributed by atoms with E-state index in [2.05, 4.69) is 51.8 Å². The van der Waals surface area contributed by atoms with Crippen molar-refractivity contribution in [3.8, 4) is 0 Å². The van der Waals surface area contributed by atoms with Gasteiger partial charge in [0.05, 0.1) is 0 Å². The van der Waals surface area contributed by atoms with Crippen molar-refractivity contribution in [2.45, 2.75) is 12.6 Å². The van der Waals surface area contributed by atoms with Gasteiger partial charge in [0.1, 0.15) is 6.04 Å². The van der Waals surface area contributed by atoms with Crippen molar-refractivity contribution in [2.75, 3.05) is 18.1 Å². The minimum absolute atomic E-state index is 0.340. The molecule has 1 aliphatic rings. The first-order valence-corrected chi connectivity index (χ1v) is 7.69. The number of carboxylic acid groups (broad SMARTS) is 1. The summed E-state index contributed by atoms with van der Waals surface area (Å²) in [5.74, 6) is 1.01. The van der Waals surface area contributed by atoms with Crippen molar-refractivity contribution in [1.82, 2.24) is 4.90 Å². The second kappa shape index (κ2) is 6.06. The summed E-state index contributed by atoms with van der Waals surface area (Å²) in [6.07, 6.45) is 0. The lowest BCUT2D eigenvalue weighted by Crippen LogP contribution is -2.46. The molecule has 1 atom stereocenters. The zero-order valence-electron chi connectivity index (χ0n) is 9.30. The summed E-state index contributed by atoms with van der Waals surface area (Å²) in [4.78, 5) is 13.2. The second-order valence-electron chi connectivity index (χ2n) is 4.03. The third-order valence-electron chi connectivity index (χ3n) is 2.82. The van der Waals surface area contributed by atoms with Crippen LogP contribution in [0.15, 0.2) is 24.3 Å². The van der Waals surface area contributed by atoms with Gasteiger partial charge in [0, 0.05) is 28.2 Å². The van der Waals surface area contributed by atoms with Crippen LogP contribution in [0.2, 0.25) is 0 Å². The molecular formula is C12H14INO2S. The number of aliphatic carboxylic acids is 1. The molecule has 0 aliphatic carbocycles. The number of hydrogen-bond acceptors (Lipinski definition) is 3. The van der Waals surface area contributed by atoms with E-state index in [1.54, 1.807) is 11.8 Å². The standard InChI is InChI=1S/C12H14INO2S/c13-10-3-1-9(2-4-10)7-14-5-6-17-8-11(14)12(15)16/h1-4,11H,5-8H2,(H,15,16). The Morgan fingerprint density at radius 1 is 1.47 bits per heavy atom. The summed E-state index contributed by atoms with van der Waals surface area (Å²) < 4.78 is 1.20. The maximum atomic E-state index is 11.2. The fraction of sp³-hybridized carbons (Fsp3) is 0.417. The van der Waals surface area contributed by atoms with Crippen LogP contribution in [0, 0.1) is 3.57 Å². The molecule has 0 saturated carbocycles. The molecule has 1 heterocycles. The Hall–Kier alpha value is -0.270. The first-order chi connectivity index (χ1) is 8.16. The van der Waals surface area contributed by atoms with Crippen molar-refractivity contribution in [2.24, 2.45) is 0 Å². The lowest BCUT2D eigenvalue weighted by Gasteiger charge is -2.32. The van der Waals surface area contributed by atoms with E-state index in [1.807, 2.05) is 0 Å². The van der Waals surface area contributed by atoms with Gasteiger partial charge in [-0.1, -0.05) is 12.1 Å². The van der Waals surface area contributed by atoms with Crippen molar-refractivity contribution >= 4 is 40.3 Å². The van der Waals surface area contributed by atoms with Gasteiger partial charge in [0.2, 0.25) is 0 Å². The number of hydrogen-bond donors (Lipinski definition) is 1.